The smallest absolute Gasteiger partial charge is 0.0951 e. The number of hydrogen-bond donors (Lipinski definition) is 1. The van der Waals surface area contributed by atoms with Gasteiger partial charge in [0.25, 0.3) is 0 Å². The van der Waals surface area contributed by atoms with Gasteiger partial charge in [-0.2, -0.15) is 0 Å². The van der Waals surface area contributed by atoms with Crippen molar-refractivity contribution in [1.82, 2.24) is 14.9 Å². The van der Waals surface area contributed by atoms with Crippen LogP contribution < -0.4 is 5.32 Å². The Morgan fingerprint density at radius 2 is 2.24 bits per heavy atom. The minimum Gasteiger partial charge on any atom is -0.330 e. The van der Waals surface area contributed by atoms with Gasteiger partial charge in [-0.15, -0.1) is 0 Å². The summed E-state index contributed by atoms with van der Waals surface area (Å²) in [6.45, 7) is 7.47. The highest BCUT2D eigenvalue weighted by Crippen LogP contribution is 2.24. The fourth-order valence-corrected chi connectivity index (χ4v) is 2.18. The van der Waals surface area contributed by atoms with Crippen LogP contribution in [0, 0.1) is 0 Å². The first-order valence-electron chi connectivity index (χ1n) is 6.47. The number of imidazole rings is 1. The van der Waals surface area contributed by atoms with Crippen LogP contribution in [0.3, 0.4) is 0 Å². The maximum absolute atomic E-state index is 4.30. The minimum atomic E-state index is 0.154. The molecule has 0 radical (unpaired) electrons. The van der Waals surface area contributed by atoms with E-state index in [2.05, 4.69) is 47.8 Å². The highest BCUT2D eigenvalue weighted by atomic mass is 15.1. The SMILES string of the molecule is CC(C)(C)NCc1cncn1C1CC=CCC1. The van der Waals surface area contributed by atoms with E-state index in [1.165, 1.54) is 18.5 Å². The molecular formula is C14H23N3. The summed E-state index contributed by atoms with van der Waals surface area (Å²) < 4.78 is 2.34. The van der Waals surface area contributed by atoms with Crippen LogP contribution in [0.4, 0.5) is 0 Å². The number of aromatic nitrogens is 2. The van der Waals surface area contributed by atoms with Gasteiger partial charge in [-0.3, -0.25) is 0 Å². The molecule has 0 spiro atoms. The molecule has 1 heterocycles. The molecule has 94 valence electrons. The lowest BCUT2D eigenvalue weighted by Crippen LogP contribution is -2.35. The maximum atomic E-state index is 4.30. The summed E-state index contributed by atoms with van der Waals surface area (Å²) in [5, 5.41) is 3.52. The molecule has 3 heteroatoms. The molecule has 1 aliphatic rings. The molecule has 0 saturated carbocycles. The van der Waals surface area contributed by atoms with Gasteiger partial charge < -0.3 is 9.88 Å². The summed E-state index contributed by atoms with van der Waals surface area (Å²) in [4.78, 5) is 4.30. The molecule has 1 N–H and O–H groups in total. The molecule has 0 bridgehead atoms. The first-order chi connectivity index (χ1) is 8.06. The monoisotopic (exact) mass is 233 g/mol. The van der Waals surface area contributed by atoms with Crippen LogP contribution in [0.1, 0.15) is 51.8 Å². The summed E-state index contributed by atoms with van der Waals surface area (Å²) in [5.41, 5.74) is 1.45. The van der Waals surface area contributed by atoms with Crippen LogP contribution in [0.25, 0.3) is 0 Å². The van der Waals surface area contributed by atoms with E-state index in [-0.39, 0.29) is 5.54 Å². The van der Waals surface area contributed by atoms with Gasteiger partial charge in [0.15, 0.2) is 0 Å². The van der Waals surface area contributed by atoms with Crippen LogP contribution in [-0.2, 0) is 6.54 Å². The number of nitrogens with one attached hydrogen (secondary N) is 1. The molecule has 0 fully saturated rings. The van der Waals surface area contributed by atoms with Crippen molar-refractivity contribution in [2.45, 2.75) is 58.2 Å². The molecule has 3 nitrogen and oxygen atoms in total. The third-order valence-electron chi connectivity index (χ3n) is 3.18. The Kier molecular flexibility index (Phi) is 3.67. The Balaban J connectivity index is 2.03. The van der Waals surface area contributed by atoms with Crippen molar-refractivity contribution in [3.05, 3.63) is 30.4 Å². The van der Waals surface area contributed by atoms with Gasteiger partial charge in [0.2, 0.25) is 0 Å². The summed E-state index contributed by atoms with van der Waals surface area (Å²) >= 11 is 0. The Morgan fingerprint density at radius 3 is 2.88 bits per heavy atom. The van der Waals surface area contributed by atoms with Crippen LogP contribution in [0.2, 0.25) is 0 Å². The first kappa shape index (κ1) is 12.4. The normalized spacial score (nSPS) is 20.8. The Hall–Kier alpha value is -1.09. The molecule has 0 saturated heterocycles. The van der Waals surface area contributed by atoms with E-state index >= 15 is 0 Å². The highest BCUT2D eigenvalue weighted by Gasteiger charge is 2.16. The van der Waals surface area contributed by atoms with Gasteiger partial charge in [0.05, 0.1) is 12.0 Å². The number of nitrogens with zero attached hydrogens (tertiary/aromatic N) is 2. The van der Waals surface area contributed by atoms with Crippen molar-refractivity contribution >= 4 is 0 Å². The summed E-state index contributed by atoms with van der Waals surface area (Å²) in [5.74, 6) is 0. The molecule has 1 aromatic rings. The predicted molar refractivity (Wildman–Crippen MR) is 70.8 cm³/mol. The number of hydrogen-bond acceptors (Lipinski definition) is 2. The van der Waals surface area contributed by atoms with Crippen molar-refractivity contribution in [2.75, 3.05) is 0 Å². The zero-order valence-electron chi connectivity index (χ0n) is 11.1. The van der Waals surface area contributed by atoms with Crippen LogP contribution in [0.5, 0.6) is 0 Å². The van der Waals surface area contributed by atoms with Crippen molar-refractivity contribution in [3.63, 3.8) is 0 Å². The second-order valence-electron chi connectivity index (χ2n) is 5.83. The second-order valence-corrected chi connectivity index (χ2v) is 5.83. The Bertz CT molecular complexity index is 384. The van der Waals surface area contributed by atoms with Gasteiger partial charge in [0, 0.05) is 24.3 Å². The third kappa shape index (κ3) is 3.43. The zero-order chi connectivity index (χ0) is 12.3. The van der Waals surface area contributed by atoms with E-state index in [1.54, 1.807) is 0 Å². The first-order valence-corrected chi connectivity index (χ1v) is 6.47. The maximum Gasteiger partial charge on any atom is 0.0951 e. The standard InChI is InChI=1S/C14H23N3/c1-14(2,3)16-10-13-9-15-11-17(13)12-7-5-4-6-8-12/h4-5,9,11-12,16H,6-8,10H2,1-3H3. The average Bonchev–Trinajstić information content (AvgIpc) is 2.75. The van der Waals surface area contributed by atoms with Crippen molar-refractivity contribution < 1.29 is 0 Å². The van der Waals surface area contributed by atoms with E-state index in [0.717, 1.165) is 13.0 Å². The molecule has 1 aliphatic carbocycles. The van der Waals surface area contributed by atoms with Gasteiger partial charge in [0.1, 0.15) is 0 Å². The van der Waals surface area contributed by atoms with E-state index in [9.17, 15) is 0 Å². The lowest BCUT2D eigenvalue weighted by Gasteiger charge is -2.24. The van der Waals surface area contributed by atoms with E-state index in [0.29, 0.717) is 6.04 Å². The summed E-state index contributed by atoms with van der Waals surface area (Å²) in [6, 6.07) is 0.597. The molecule has 1 aromatic heterocycles. The molecule has 0 aromatic carbocycles. The van der Waals surface area contributed by atoms with E-state index < -0.39 is 0 Å². The molecular weight excluding hydrogens is 210 g/mol. The van der Waals surface area contributed by atoms with Crippen molar-refractivity contribution in [1.29, 1.82) is 0 Å². The summed E-state index contributed by atoms with van der Waals surface area (Å²) in [6.07, 6.45) is 12.1. The molecule has 1 atom stereocenters. The Labute approximate surface area is 104 Å². The van der Waals surface area contributed by atoms with Crippen molar-refractivity contribution in [2.24, 2.45) is 0 Å². The fraction of sp³-hybridized carbons (Fsp3) is 0.643. The fourth-order valence-electron chi connectivity index (χ4n) is 2.18. The van der Waals surface area contributed by atoms with Gasteiger partial charge >= 0.3 is 0 Å². The van der Waals surface area contributed by atoms with Gasteiger partial charge in [-0.1, -0.05) is 12.2 Å². The zero-order valence-corrected chi connectivity index (χ0v) is 11.1. The third-order valence-corrected chi connectivity index (χ3v) is 3.18. The Morgan fingerprint density at radius 1 is 1.41 bits per heavy atom. The molecule has 17 heavy (non-hydrogen) atoms. The van der Waals surface area contributed by atoms with Gasteiger partial charge in [-0.05, 0) is 40.0 Å². The number of allylic oxidation sites excluding steroid dienone is 2. The van der Waals surface area contributed by atoms with Crippen LogP contribution in [0.15, 0.2) is 24.7 Å². The quantitative estimate of drug-likeness (QED) is 0.813. The van der Waals surface area contributed by atoms with E-state index in [4.69, 9.17) is 0 Å². The minimum absolute atomic E-state index is 0.154. The number of rotatable bonds is 3. The van der Waals surface area contributed by atoms with Crippen LogP contribution >= 0.6 is 0 Å². The average molecular weight is 233 g/mol. The van der Waals surface area contributed by atoms with Gasteiger partial charge in [-0.25, -0.2) is 4.98 Å². The molecule has 0 aliphatic heterocycles. The summed E-state index contributed by atoms with van der Waals surface area (Å²) in [7, 11) is 0. The van der Waals surface area contributed by atoms with Crippen molar-refractivity contribution in [3.8, 4) is 0 Å². The molecule has 1 unspecified atom stereocenters. The largest absolute Gasteiger partial charge is 0.330 e. The highest BCUT2D eigenvalue weighted by molar-refractivity contribution is 5.04. The van der Waals surface area contributed by atoms with E-state index in [1.807, 2.05) is 12.5 Å². The second kappa shape index (κ2) is 5.05. The molecule has 0 amide bonds. The molecule has 2 rings (SSSR count). The predicted octanol–water partition coefficient (Wildman–Crippen LogP) is 3.05. The topological polar surface area (TPSA) is 29.9 Å². The lowest BCUT2D eigenvalue weighted by atomic mass is 10.0. The van der Waals surface area contributed by atoms with Crippen LogP contribution in [-0.4, -0.2) is 15.1 Å². The lowest BCUT2D eigenvalue weighted by molar-refractivity contribution is 0.396.